The molecule has 0 bridgehead atoms. The molecule has 3 aliphatic carbocycles. The molecule has 184 valence electrons. The van der Waals surface area contributed by atoms with Crippen LogP contribution in [0.2, 0.25) is 0 Å². The third-order valence-electron chi connectivity index (χ3n) is 8.78. The monoisotopic (exact) mass is 458 g/mol. The van der Waals surface area contributed by atoms with Gasteiger partial charge >= 0.3 is 0 Å². The van der Waals surface area contributed by atoms with Gasteiger partial charge in [0.05, 0.1) is 12.0 Å². The standard InChI is InChI=1S/C32H46N2/c1-7-9-22(4)28(24-10-11-24)19-30-27(21(2)3)18-26-17-25(12-15-32(6)13-8-14-32)23(5)16-29(26)31(30)34-20-33/h16-17,19-21,24,27H,4,7-15,18H2,1-3,5-6H3,(H2,33,34)/b28-19-. The first-order chi connectivity index (χ1) is 16.3. The van der Waals surface area contributed by atoms with Crippen LogP contribution in [0.5, 0.6) is 0 Å². The number of hydrogen-bond donors (Lipinski definition) is 1. The highest BCUT2D eigenvalue weighted by molar-refractivity contribution is 5.80. The van der Waals surface area contributed by atoms with Crippen molar-refractivity contribution >= 4 is 12.0 Å². The van der Waals surface area contributed by atoms with Crippen molar-refractivity contribution in [1.29, 1.82) is 0 Å². The minimum absolute atomic E-state index is 0.453. The minimum atomic E-state index is 0.453. The van der Waals surface area contributed by atoms with Crippen molar-refractivity contribution in [2.24, 2.45) is 33.9 Å². The molecule has 0 aliphatic heterocycles. The van der Waals surface area contributed by atoms with Crippen molar-refractivity contribution in [3.63, 3.8) is 0 Å². The Bertz CT molecular complexity index is 1010. The number of benzene rings is 1. The zero-order chi connectivity index (χ0) is 24.5. The molecule has 0 heterocycles. The molecule has 2 fully saturated rings. The number of hydrogen-bond acceptors (Lipinski definition) is 1. The van der Waals surface area contributed by atoms with Crippen molar-refractivity contribution < 1.29 is 0 Å². The average molecular weight is 459 g/mol. The van der Waals surface area contributed by atoms with Crippen LogP contribution in [0, 0.1) is 30.1 Å². The van der Waals surface area contributed by atoms with E-state index in [4.69, 9.17) is 10.7 Å². The van der Waals surface area contributed by atoms with E-state index in [2.05, 4.69) is 59.4 Å². The highest BCUT2D eigenvalue weighted by Crippen LogP contribution is 2.47. The van der Waals surface area contributed by atoms with Crippen LogP contribution in [0.4, 0.5) is 0 Å². The second-order valence-corrected chi connectivity index (χ2v) is 12.0. The molecule has 0 saturated heterocycles. The first-order valence-electron chi connectivity index (χ1n) is 13.8. The summed E-state index contributed by atoms with van der Waals surface area (Å²) >= 11 is 0. The van der Waals surface area contributed by atoms with Gasteiger partial charge in [-0.05, 0) is 115 Å². The zero-order valence-electron chi connectivity index (χ0n) is 22.3. The molecule has 0 spiro atoms. The van der Waals surface area contributed by atoms with Gasteiger partial charge < -0.3 is 5.73 Å². The Kier molecular flexibility index (Phi) is 7.55. The summed E-state index contributed by atoms with van der Waals surface area (Å²) in [6.45, 7) is 16.2. The fraction of sp³-hybridized carbons (Fsp3) is 0.594. The molecule has 34 heavy (non-hydrogen) atoms. The lowest BCUT2D eigenvalue weighted by molar-refractivity contribution is 0.147. The van der Waals surface area contributed by atoms with E-state index in [0.717, 1.165) is 25.0 Å². The Labute approximate surface area is 208 Å². The highest BCUT2D eigenvalue weighted by Gasteiger charge is 2.34. The van der Waals surface area contributed by atoms with Crippen molar-refractivity contribution in [3.05, 3.63) is 63.8 Å². The summed E-state index contributed by atoms with van der Waals surface area (Å²) in [7, 11) is 0. The van der Waals surface area contributed by atoms with Crippen LogP contribution in [0.3, 0.4) is 0 Å². The van der Waals surface area contributed by atoms with Crippen molar-refractivity contribution in [3.8, 4) is 0 Å². The van der Waals surface area contributed by atoms with E-state index in [1.54, 1.807) is 0 Å². The molecule has 0 radical (unpaired) electrons. The summed E-state index contributed by atoms with van der Waals surface area (Å²) < 4.78 is 0. The maximum absolute atomic E-state index is 5.93. The maximum Gasteiger partial charge on any atom is 0.0860 e. The molecule has 2 saturated carbocycles. The number of nitrogens with two attached hydrogens (primary N) is 1. The van der Waals surface area contributed by atoms with Gasteiger partial charge in [-0.3, -0.25) is 0 Å². The molecule has 2 N–H and O–H groups in total. The SMILES string of the molecule is C=C(CCC)/C(=C/C1=C(N=CN)c2cc(C)c(CCC3(C)CCC3)cc2CC1C(C)C)C1CC1. The van der Waals surface area contributed by atoms with E-state index >= 15 is 0 Å². The van der Waals surface area contributed by atoms with E-state index in [9.17, 15) is 0 Å². The van der Waals surface area contributed by atoms with Gasteiger partial charge in [0.25, 0.3) is 0 Å². The second kappa shape index (κ2) is 10.3. The van der Waals surface area contributed by atoms with Gasteiger partial charge in [-0.25, -0.2) is 4.99 Å². The molecule has 1 aromatic rings. The maximum atomic E-state index is 5.93. The Morgan fingerprint density at radius 3 is 2.56 bits per heavy atom. The van der Waals surface area contributed by atoms with Gasteiger partial charge in [0.2, 0.25) is 0 Å². The van der Waals surface area contributed by atoms with Crippen LogP contribution >= 0.6 is 0 Å². The van der Waals surface area contributed by atoms with Gasteiger partial charge in [0.15, 0.2) is 0 Å². The lowest BCUT2D eigenvalue weighted by atomic mass is 9.67. The van der Waals surface area contributed by atoms with Gasteiger partial charge in [-0.15, -0.1) is 0 Å². The van der Waals surface area contributed by atoms with Crippen LogP contribution < -0.4 is 5.73 Å². The molecule has 2 nitrogen and oxygen atoms in total. The van der Waals surface area contributed by atoms with E-state index in [1.807, 2.05) is 0 Å². The highest BCUT2D eigenvalue weighted by atomic mass is 14.8. The van der Waals surface area contributed by atoms with Crippen molar-refractivity contribution in [1.82, 2.24) is 0 Å². The number of aryl methyl sites for hydroxylation is 2. The molecule has 4 rings (SSSR count). The van der Waals surface area contributed by atoms with Crippen LogP contribution in [0.15, 0.2) is 46.5 Å². The molecular formula is C32H46N2. The molecule has 0 aromatic heterocycles. The third-order valence-corrected chi connectivity index (χ3v) is 8.78. The molecule has 0 amide bonds. The van der Waals surface area contributed by atoms with Gasteiger partial charge in [-0.1, -0.05) is 64.8 Å². The summed E-state index contributed by atoms with van der Waals surface area (Å²) in [5.74, 6) is 1.68. The van der Waals surface area contributed by atoms with Crippen LogP contribution in [0.25, 0.3) is 5.70 Å². The number of nitrogens with zero attached hydrogens (tertiary/aromatic N) is 1. The van der Waals surface area contributed by atoms with E-state index < -0.39 is 0 Å². The minimum Gasteiger partial charge on any atom is -0.390 e. The lowest BCUT2D eigenvalue weighted by Crippen LogP contribution is -2.26. The summed E-state index contributed by atoms with van der Waals surface area (Å²) in [5, 5.41) is 0. The predicted octanol–water partition coefficient (Wildman–Crippen LogP) is 8.34. The van der Waals surface area contributed by atoms with Crippen molar-refractivity contribution in [2.75, 3.05) is 0 Å². The molecule has 1 aromatic carbocycles. The van der Waals surface area contributed by atoms with Gasteiger partial charge in [-0.2, -0.15) is 0 Å². The predicted molar refractivity (Wildman–Crippen MR) is 148 cm³/mol. The second-order valence-electron chi connectivity index (χ2n) is 12.0. The average Bonchev–Trinajstić information content (AvgIpc) is 3.61. The summed E-state index contributed by atoms with van der Waals surface area (Å²) in [6, 6.07) is 4.91. The lowest BCUT2D eigenvalue weighted by Gasteiger charge is -2.39. The number of fused-ring (bicyclic) bond motifs is 1. The van der Waals surface area contributed by atoms with Gasteiger partial charge in [0.1, 0.15) is 0 Å². The Morgan fingerprint density at radius 2 is 2.00 bits per heavy atom. The number of aliphatic imine (C=N–C) groups is 1. The Hall–Kier alpha value is -2.09. The largest absolute Gasteiger partial charge is 0.390 e. The fourth-order valence-electron chi connectivity index (χ4n) is 6.11. The normalized spacial score (nSPS) is 22.3. The molecular weight excluding hydrogens is 412 g/mol. The van der Waals surface area contributed by atoms with E-state index in [1.165, 1.54) is 90.3 Å². The molecule has 1 atom stereocenters. The van der Waals surface area contributed by atoms with E-state index in [0.29, 0.717) is 23.2 Å². The summed E-state index contributed by atoms with van der Waals surface area (Å²) in [5.41, 5.74) is 17.4. The topological polar surface area (TPSA) is 38.4 Å². The molecule has 3 aliphatic rings. The smallest absolute Gasteiger partial charge is 0.0860 e. The van der Waals surface area contributed by atoms with Crippen LogP contribution in [-0.4, -0.2) is 6.34 Å². The van der Waals surface area contributed by atoms with Crippen LogP contribution in [-0.2, 0) is 12.8 Å². The quantitative estimate of drug-likeness (QED) is 0.213. The van der Waals surface area contributed by atoms with Crippen molar-refractivity contribution in [2.45, 2.75) is 98.8 Å². The Morgan fingerprint density at radius 1 is 1.26 bits per heavy atom. The van der Waals surface area contributed by atoms with Crippen LogP contribution in [0.1, 0.15) is 101 Å². The summed E-state index contributed by atoms with van der Waals surface area (Å²) in [4.78, 5) is 4.81. The fourth-order valence-corrected chi connectivity index (χ4v) is 6.11. The Balaban J connectivity index is 1.77. The molecule has 2 heteroatoms. The first kappa shape index (κ1) is 25.0. The number of allylic oxidation sites excluding steroid dienone is 4. The summed E-state index contributed by atoms with van der Waals surface area (Å²) in [6.07, 6.45) is 16.6. The molecule has 1 unspecified atom stereocenters. The number of rotatable bonds is 10. The third kappa shape index (κ3) is 5.26. The first-order valence-corrected chi connectivity index (χ1v) is 13.8. The van der Waals surface area contributed by atoms with Gasteiger partial charge in [0, 0.05) is 5.56 Å². The zero-order valence-corrected chi connectivity index (χ0v) is 22.3. The van der Waals surface area contributed by atoms with E-state index in [-0.39, 0.29) is 0 Å².